The van der Waals surface area contributed by atoms with Crippen molar-refractivity contribution < 1.29 is 14.3 Å². The molecule has 1 heterocycles. The van der Waals surface area contributed by atoms with Crippen LogP contribution in [0.4, 0.5) is 10.2 Å². The van der Waals surface area contributed by atoms with Gasteiger partial charge in [-0.2, -0.15) is 0 Å². The van der Waals surface area contributed by atoms with Gasteiger partial charge in [0.1, 0.15) is 11.6 Å². The molecule has 1 amide bonds. The minimum absolute atomic E-state index is 0.0619. The number of halogens is 1. The summed E-state index contributed by atoms with van der Waals surface area (Å²) in [6.45, 7) is 4.83. The van der Waals surface area contributed by atoms with Gasteiger partial charge in [0.25, 0.3) is 5.91 Å². The van der Waals surface area contributed by atoms with Crippen LogP contribution in [0.2, 0.25) is 0 Å². The van der Waals surface area contributed by atoms with Crippen molar-refractivity contribution in [3.8, 4) is 17.0 Å². The van der Waals surface area contributed by atoms with Crippen LogP contribution < -0.4 is 10.2 Å². The standard InChI is InChI=1S/C27H31FN4O2/c1-26-9-10-27(2,15-26)14-17(13-26)32(4)23-8-7-21(30-31-23)20-11-16-5-6-18(25(34)29-3)24(28)19(16)12-22(20)33/h5-8,11-12,17,33H,9-10,13-15H2,1-4H3,(H,29,34)/t17?,26-,27+. The lowest BCUT2D eigenvalue weighted by molar-refractivity contribution is 0.0959. The zero-order valence-electron chi connectivity index (χ0n) is 20.2. The zero-order valence-corrected chi connectivity index (χ0v) is 20.2. The molecule has 2 N–H and O–H groups in total. The third-order valence-electron chi connectivity index (χ3n) is 8.02. The van der Waals surface area contributed by atoms with Gasteiger partial charge in [-0.15, -0.1) is 10.2 Å². The molecular formula is C27H31FN4O2. The first-order valence-electron chi connectivity index (χ1n) is 11.9. The quantitative estimate of drug-likeness (QED) is 0.550. The molecule has 0 saturated heterocycles. The van der Waals surface area contributed by atoms with Gasteiger partial charge in [0, 0.05) is 31.1 Å². The van der Waals surface area contributed by atoms with Gasteiger partial charge in [-0.25, -0.2) is 4.39 Å². The van der Waals surface area contributed by atoms with Crippen molar-refractivity contribution in [3.63, 3.8) is 0 Å². The number of carbonyl (C=O) groups excluding carboxylic acids is 1. The summed E-state index contributed by atoms with van der Waals surface area (Å²) in [5, 5.41) is 22.7. The first kappa shape index (κ1) is 22.6. The SMILES string of the molecule is CNC(=O)c1ccc2cc(-c3ccc(N(C)C4C[C@]5(C)CC[C@](C)(C4)C5)nn3)c(O)cc2c1F. The number of aromatic hydroxyl groups is 1. The van der Waals surface area contributed by atoms with E-state index in [2.05, 4.69) is 41.3 Å². The number of aromatic nitrogens is 2. The van der Waals surface area contributed by atoms with Gasteiger partial charge in [-0.1, -0.05) is 19.9 Å². The Labute approximate surface area is 199 Å². The van der Waals surface area contributed by atoms with E-state index in [-0.39, 0.29) is 16.7 Å². The summed E-state index contributed by atoms with van der Waals surface area (Å²) in [7, 11) is 3.54. The summed E-state index contributed by atoms with van der Waals surface area (Å²) in [6.07, 6.45) is 6.23. The van der Waals surface area contributed by atoms with Gasteiger partial charge < -0.3 is 15.3 Å². The average Bonchev–Trinajstić information content (AvgIpc) is 3.05. The largest absolute Gasteiger partial charge is 0.507 e. The van der Waals surface area contributed by atoms with Crippen LogP contribution in [0.3, 0.4) is 0 Å². The fraction of sp³-hybridized carbons (Fsp3) is 0.444. The van der Waals surface area contributed by atoms with Crippen molar-refractivity contribution in [2.75, 3.05) is 19.0 Å². The van der Waals surface area contributed by atoms with E-state index >= 15 is 0 Å². The number of nitrogens with one attached hydrogen (secondary N) is 1. The second kappa shape index (κ2) is 7.93. The molecule has 0 aliphatic heterocycles. The molecule has 1 unspecified atom stereocenters. The van der Waals surface area contributed by atoms with Crippen molar-refractivity contribution in [1.82, 2.24) is 15.5 Å². The number of rotatable bonds is 4. The first-order chi connectivity index (χ1) is 16.1. The second-order valence-corrected chi connectivity index (χ2v) is 10.8. The van der Waals surface area contributed by atoms with E-state index in [4.69, 9.17) is 0 Å². The van der Waals surface area contributed by atoms with Crippen LogP contribution in [-0.2, 0) is 0 Å². The number of hydrogen-bond acceptors (Lipinski definition) is 5. The number of fused-ring (bicyclic) bond motifs is 3. The molecule has 3 atom stereocenters. The number of hydrogen-bond donors (Lipinski definition) is 2. The Bertz CT molecular complexity index is 1260. The molecule has 2 bridgehead atoms. The number of nitrogens with zero attached hydrogens (tertiary/aromatic N) is 3. The third kappa shape index (κ3) is 3.77. The summed E-state index contributed by atoms with van der Waals surface area (Å²) in [5.41, 5.74) is 1.73. The van der Waals surface area contributed by atoms with Crippen molar-refractivity contribution in [3.05, 3.63) is 47.8 Å². The molecular weight excluding hydrogens is 431 g/mol. The van der Waals surface area contributed by atoms with Crippen LogP contribution in [0.15, 0.2) is 36.4 Å². The molecule has 2 aliphatic rings. The molecule has 34 heavy (non-hydrogen) atoms. The van der Waals surface area contributed by atoms with Crippen LogP contribution in [-0.4, -0.2) is 41.3 Å². The Balaban J connectivity index is 1.42. The monoisotopic (exact) mass is 462 g/mol. The number of phenolic OH excluding ortho intramolecular Hbond substituents is 1. The molecule has 2 saturated carbocycles. The average molecular weight is 463 g/mol. The Morgan fingerprint density at radius 3 is 2.44 bits per heavy atom. The molecule has 5 rings (SSSR count). The number of carbonyl (C=O) groups is 1. The molecule has 1 aromatic heterocycles. The Hall–Kier alpha value is -3.22. The molecule has 2 fully saturated rings. The molecule has 6 nitrogen and oxygen atoms in total. The lowest BCUT2D eigenvalue weighted by Crippen LogP contribution is -2.42. The number of benzene rings is 2. The highest BCUT2D eigenvalue weighted by Crippen LogP contribution is 2.58. The Morgan fingerprint density at radius 2 is 1.82 bits per heavy atom. The molecule has 3 aromatic rings. The van der Waals surface area contributed by atoms with Gasteiger partial charge in [0.15, 0.2) is 5.82 Å². The predicted molar refractivity (Wildman–Crippen MR) is 131 cm³/mol. The van der Waals surface area contributed by atoms with E-state index in [1.165, 1.54) is 38.4 Å². The third-order valence-corrected chi connectivity index (χ3v) is 8.02. The molecule has 7 heteroatoms. The van der Waals surface area contributed by atoms with Crippen molar-refractivity contribution >= 4 is 22.5 Å². The fourth-order valence-corrected chi connectivity index (χ4v) is 6.33. The molecule has 2 aliphatic carbocycles. The lowest BCUT2D eigenvalue weighted by atomic mass is 9.68. The van der Waals surface area contributed by atoms with E-state index in [0.717, 1.165) is 18.7 Å². The normalized spacial score (nSPS) is 26.0. The van der Waals surface area contributed by atoms with Gasteiger partial charge in [-0.05, 0) is 78.7 Å². The number of anilines is 1. The Morgan fingerprint density at radius 1 is 1.12 bits per heavy atom. The van der Waals surface area contributed by atoms with Crippen LogP contribution >= 0.6 is 0 Å². The fourth-order valence-electron chi connectivity index (χ4n) is 6.33. The van der Waals surface area contributed by atoms with E-state index < -0.39 is 11.7 Å². The van der Waals surface area contributed by atoms with Crippen molar-refractivity contribution in [2.24, 2.45) is 10.8 Å². The smallest absolute Gasteiger partial charge is 0.254 e. The molecule has 2 aromatic carbocycles. The van der Waals surface area contributed by atoms with Crippen LogP contribution in [0.1, 0.15) is 56.3 Å². The van der Waals surface area contributed by atoms with Gasteiger partial charge in [0.05, 0.1) is 11.3 Å². The number of phenols is 1. The van der Waals surface area contributed by atoms with Crippen LogP contribution in [0, 0.1) is 16.6 Å². The summed E-state index contributed by atoms with van der Waals surface area (Å²) in [6, 6.07) is 10.3. The maximum atomic E-state index is 14.8. The molecule has 0 radical (unpaired) electrons. The minimum atomic E-state index is -0.661. The summed E-state index contributed by atoms with van der Waals surface area (Å²) >= 11 is 0. The number of amides is 1. The minimum Gasteiger partial charge on any atom is -0.507 e. The van der Waals surface area contributed by atoms with Gasteiger partial charge >= 0.3 is 0 Å². The van der Waals surface area contributed by atoms with E-state index in [1.807, 2.05) is 12.1 Å². The van der Waals surface area contributed by atoms with E-state index in [0.29, 0.717) is 33.5 Å². The predicted octanol–water partition coefficient (Wildman–Crippen LogP) is 5.30. The van der Waals surface area contributed by atoms with Crippen LogP contribution in [0.5, 0.6) is 5.75 Å². The van der Waals surface area contributed by atoms with Gasteiger partial charge in [-0.3, -0.25) is 4.79 Å². The molecule has 0 spiro atoms. The van der Waals surface area contributed by atoms with Crippen LogP contribution in [0.25, 0.3) is 22.0 Å². The maximum Gasteiger partial charge on any atom is 0.254 e. The Kier molecular flexibility index (Phi) is 5.26. The second-order valence-electron chi connectivity index (χ2n) is 10.8. The topological polar surface area (TPSA) is 78.4 Å². The van der Waals surface area contributed by atoms with Crippen molar-refractivity contribution in [2.45, 2.75) is 52.0 Å². The van der Waals surface area contributed by atoms with E-state index in [1.54, 1.807) is 12.1 Å². The highest BCUT2D eigenvalue weighted by Gasteiger charge is 2.50. The summed E-state index contributed by atoms with van der Waals surface area (Å²) < 4.78 is 14.8. The summed E-state index contributed by atoms with van der Waals surface area (Å²) in [5.74, 6) is -0.475. The first-order valence-corrected chi connectivity index (χ1v) is 11.9. The van der Waals surface area contributed by atoms with Gasteiger partial charge in [0.2, 0.25) is 0 Å². The maximum absolute atomic E-state index is 14.8. The highest BCUT2D eigenvalue weighted by atomic mass is 19.1. The lowest BCUT2D eigenvalue weighted by Gasteiger charge is -2.44. The molecule has 178 valence electrons. The van der Waals surface area contributed by atoms with Crippen molar-refractivity contribution in [1.29, 1.82) is 0 Å². The summed E-state index contributed by atoms with van der Waals surface area (Å²) in [4.78, 5) is 14.1. The van der Waals surface area contributed by atoms with E-state index in [9.17, 15) is 14.3 Å². The highest BCUT2D eigenvalue weighted by molar-refractivity contribution is 6.00. The zero-order chi connectivity index (χ0) is 24.3.